The lowest BCUT2D eigenvalue weighted by Gasteiger charge is -2.40. The minimum Gasteiger partial charge on any atom is -0.497 e. The van der Waals surface area contributed by atoms with Crippen LogP contribution in [-0.4, -0.2) is 179 Å². The van der Waals surface area contributed by atoms with E-state index >= 15 is 0 Å². The van der Waals surface area contributed by atoms with Crippen molar-refractivity contribution in [2.45, 2.75) is 112 Å². The molecule has 5 aromatic carbocycles. The van der Waals surface area contributed by atoms with E-state index in [2.05, 4.69) is 36.2 Å². The van der Waals surface area contributed by atoms with Crippen LogP contribution in [0.3, 0.4) is 0 Å². The maximum Gasteiger partial charge on any atom is 0.410 e. The van der Waals surface area contributed by atoms with Gasteiger partial charge in [0.2, 0.25) is 23.0 Å². The van der Waals surface area contributed by atoms with E-state index in [-0.39, 0.29) is 131 Å². The summed E-state index contributed by atoms with van der Waals surface area (Å²) in [7, 11) is 1.59. The predicted molar refractivity (Wildman–Crippen MR) is 401 cm³/mol. The van der Waals surface area contributed by atoms with E-state index in [0.717, 1.165) is 79.1 Å². The van der Waals surface area contributed by atoms with Gasteiger partial charge in [-0.1, -0.05) is 128 Å². The quantitative estimate of drug-likeness (QED) is 0.0710. The standard InChI is InChI=1S/C27H23FN4O5.C26H29FN4O5.C20H17ClFNO3.C8H8N2O2/c28-15-11-21(26(34)30-23-10-9-22-25(29-23)31-24(33)14-36-22)32(12-15)27(35)37-13-20-18-7-3-1-5-16(18)17-6-2-4-8-19(17)20;1-35-18-7-5-16(6-8-18)26(11-3-2-4-12-26)25(34)31-14-17(27)13-19(31)24(33)29-21-10-9-20-23(28-21)30-22(32)15-36-20;21-19(24)18-9-12(22)10-23(18)20(25)26-11-17-15-7-3-1-5-13(15)14-6-2-4-8-16(14)17;9-8-2-1-7-6(10-8)3-5(11)4-12-7/h1-10,15,20-21H,11-14H2,(H2,29,30,31,33,34);5-10,17,19H,2-4,11-15H2,1H3,(H2,28,29,30,32,33);1-8,12,17-18H,9-11H2;1-2H,3-4H2,(H2,9,10)/t15-,21-;17-,19-;12-,18-;/m111./s1. The smallest absolute Gasteiger partial charge is 0.410 e. The molecule has 9 heterocycles. The number of nitrogens with zero attached hydrogens (tertiary/aromatic N) is 6. The molecule has 1 saturated carbocycles. The van der Waals surface area contributed by atoms with E-state index in [1.165, 1.54) is 11.0 Å². The van der Waals surface area contributed by atoms with Crippen LogP contribution < -0.4 is 45.9 Å². The first-order valence-electron chi connectivity index (χ1n) is 36.4. The fourth-order valence-corrected chi connectivity index (χ4v) is 15.9. The number of likely N-dealkylation sites (tertiary alicyclic amines) is 3. The van der Waals surface area contributed by atoms with Gasteiger partial charge in [-0.2, -0.15) is 0 Å². The van der Waals surface area contributed by atoms with Gasteiger partial charge in [-0.05, 0) is 123 Å². The topological polar surface area (TPSA) is 332 Å². The van der Waals surface area contributed by atoms with E-state index in [9.17, 15) is 56.3 Å². The zero-order valence-electron chi connectivity index (χ0n) is 60.0. The molecule has 574 valence electrons. The summed E-state index contributed by atoms with van der Waals surface area (Å²) in [5, 5.41) is 9.71. The Hall–Kier alpha value is -12.1. The Bertz CT molecular complexity index is 4850. The number of rotatable bonds is 12. The highest BCUT2D eigenvalue weighted by Crippen LogP contribution is 2.48. The number of nitrogens with one attached hydrogen (secondary N) is 4. The zero-order chi connectivity index (χ0) is 77.6. The lowest BCUT2D eigenvalue weighted by Crippen LogP contribution is -2.52. The van der Waals surface area contributed by atoms with E-state index in [0.29, 0.717) is 53.8 Å². The second-order valence-electron chi connectivity index (χ2n) is 28.0. The number of Topliss-reactive ketones (excluding diaryl/α,β-unsaturated/α-hetero) is 1. The summed E-state index contributed by atoms with van der Waals surface area (Å²) < 4.78 is 74.7. The number of amides is 7. The molecule has 3 saturated heterocycles. The van der Waals surface area contributed by atoms with Crippen molar-refractivity contribution in [2.24, 2.45) is 0 Å². The molecule has 6 aliphatic heterocycles. The molecular formula is C81H77ClF3N11O15. The van der Waals surface area contributed by atoms with Gasteiger partial charge in [0.05, 0.1) is 44.3 Å². The number of nitrogen functional groups attached to an aromatic ring is 1. The molecule has 0 unspecified atom stereocenters. The highest BCUT2D eigenvalue weighted by Gasteiger charge is 2.50. The number of hydrogen-bond donors (Lipinski definition) is 5. The molecule has 9 aliphatic rings. The van der Waals surface area contributed by atoms with Crippen LogP contribution >= 0.6 is 11.6 Å². The minimum atomic E-state index is -1.36. The van der Waals surface area contributed by atoms with Crippen LogP contribution in [0.5, 0.6) is 23.0 Å². The summed E-state index contributed by atoms with van der Waals surface area (Å²) in [5.41, 5.74) is 14.9. The van der Waals surface area contributed by atoms with Crippen LogP contribution in [0.2, 0.25) is 0 Å². The molecular weight excluding hydrogens is 1460 g/mol. The average molecular weight is 1540 g/mol. The minimum absolute atomic E-state index is 0.0422. The van der Waals surface area contributed by atoms with Crippen LogP contribution in [0.4, 0.5) is 51.8 Å². The van der Waals surface area contributed by atoms with Crippen LogP contribution in [0.15, 0.2) is 158 Å². The van der Waals surface area contributed by atoms with E-state index in [4.69, 9.17) is 45.8 Å². The highest BCUT2D eigenvalue weighted by atomic mass is 35.5. The van der Waals surface area contributed by atoms with Gasteiger partial charge in [-0.25, -0.2) is 37.7 Å². The number of fused-ring (bicyclic) bond motifs is 9. The molecule has 6 atom stereocenters. The number of carbonyl (C=O) groups excluding carboxylic acids is 9. The van der Waals surface area contributed by atoms with Gasteiger partial charge in [0.15, 0.2) is 42.1 Å². The summed E-state index contributed by atoms with van der Waals surface area (Å²) in [6.45, 7) is -0.405. The van der Waals surface area contributed by atoms with E-state index in [1.54, 1.807) is 37.4 Å². The van der Waals surface area contributed by atoms with Gasteiger partial charge in [0.1, 0.15) is 85.4 Å². The number of ether oxygens (including phenoxy) is 6. The van der Waals surface area contributed by atoms with Crippen molar-refractivity contribution in [3.63, 3.8) is 0 Å². The monoisotopic (exact) mass is 1540 g/mol. The number of anilines is 5. The van der Waals surface area contributed by atoms with Gasteiger partial charge in [0.25, 0.3) is 11.8 Å². The molecule has 111 heavy (non-hydrogen) atoms. The number of halogens is 4. The Morgan fingerprint density at radius 1 is 0.532 bits per heavy atom. The molecule has 0 radical (unpaired) electrons. The first-order valence-corrected chi connectivity index (χ1v) is 36.8. The fraction of sp³-hybridized carbons (Fsp3) is 0.333. The number of methoxy groups -OCH3 is 1. The van der Waals surface area contributed by atoms with E-state index < -0.39 is 71.3 Å². The van der Waals surface area contributed by atoms with Crippen molar-refractivity contribution in [3.05, 3.63) is 191 Å². The molecule has 3 aliphatic carbocycles. The Labute approximate surface area is 639 Å². The second-order valence-corrected chi connectivity index (χ2v) is 28.4. The molecule has 6 N–H and O–H groups in total. The second kappa shape index (κ2) is 33.0. The maximum absolute atomic E-state index is 14.7. The number of ketones is 1. The van der Waals surface area contributed by atoms with Crippen LogP contribution in [-0.2, 0) is 54.9 Å². The summed E-state index contributed by atoms with van der Waals surface area (Å²) >= 11 is 5.49. The summed E-state index contributed by atoms with van der Waals surface area (Å²) in [4.78, 5) is 127. The molecule has 26 nitrogen and oxygen atoms in total. The molecule has 8 aromatic rings. The van der Waals surface area contributed by atoms with Gasteiger partial charge >= 0.3 is 12.2 Å². The van der Waals surface area contributed by atoms with Gasteiger partial charge in [-0.3, -0.25) is 43.4 Å². The number of pyridine rings is 3. The number of benzene rings is 5. The van der Waals surface area contributed by atoms with E-state index in [1.807, 2.05) is 121 Å². The third kappa shape index (κ3) is 16.4. The third-order valence-corrected chi connectivity index (χ3v) is 21.2. The Kier molecular flexibility index (Phi) is 22.5. The molecule has 7 amide bonds. The molecule has 30 heteroatoms. The Balaban J connectivity index is 0.000000130. The SMILES string of the molecule is COc1ccc(C2(C(=O)N3C[C@H](F)C[C@@H]3C(=O)Nc3ccc4c(n3)NC(=O)CO4)CCCCC2)cc1.Nc1ccc2c(n1)CC(=O)CO2.O=C(Cl)[C@H]1C[C@@H](F)CN1C(=O)OCC1c2ccccc2-c2ccccc21.O=C1COc2ccc(NC(=O)[C@H]3C[C@@H](F)CN3C(=O)OCC3c4ccccc4-c4ccccc43)nc2N1. The van der Waals surface area contributed by atoms with Crippen molar-refractivity contribution in [3.8, 4) is 45.3 Å². The summed E-state index contributed by atoms with van der Waals surface area (Å²) in [6, 6.07) is 46.0. The summed E-state index contributed by atoms with van der Waals surface area (Å²) in [5.74, 6) is 1.05. The fourth-order valence-electron chi connectivity index (χ4n) is 15.7. The van der Waals surface area contributed by atoms with Crippen LogP contribution in [0.1, 0.15) is 96.7 Å². The van der Waals surface area contributed by atoms with Gasteiger partial charge < -0.3 is 60.3 Å². The first-order chi connectivity index (χ1) is 53.7. The number of hydrogen-bond acceptors (Lipinski definition) is 19. The number of nitrogens with two attached hydrogens (primary N) is 1. The number of aromatic nitrogens is 3. The molecule has 4 fully saturated rings. The van der Waals surface area contributed by atoms with Crippen molar-refractivity contribution in [2.75, 3.05) is 86.8 Å². The van der Waals surface area contributed by atoms with Crippen molar-refractivity contribution in [1.82, 2.24) is 29.7 Å². The average Bonchev–Trinajstić information content (AvgIpc) is 1.32. The van der Waals surface area contributed by atoms with Gasteiger partial charge in [-0.15, -0.1) is 0 Å². The number of alkyl halides is 3. The predicted octanol–water partition coefficient (Wildman–Crippen LogP) is 11.2. The molecule has 0 spiro atoms. The Morgan fingerprint density at radius 2 is 0.955 bits per heavy atom. The summed E-state index contributed by atoms with van der Waals surface area (Å²) in [6.07, 6.45) is -1.26. The lowest BCUT2D eigenvalue weighted by atomic mass is 9.68. The third-order valence-electron chi connectivity index (χ3n) is 20.9. The number of carbonyl (C=O) groups is 9. The zero-order valence-corrected chi connectivity index (χ0v) is 60.8. The normalized spacial score (nSPS) is 20.6. The van der Waals surface area contributed by atoms with Crippen LogP contribution in [0, 0.1) is 0 Å². The maximum atomic E-state index is 14.7. The first kappa shape index (κ1) is 75.7. The highest BCUT2D eigenvalue weighted by molar-refractivity contribution is 6.64. The molecule has 3 aromatic heterocycles. The Morgan fingerprint density at radius 3 is 1.42 bits per heavy atom. The molecule has 0 bridgehead atoms. The van der Waals surface area contributed by atoms with Crippen molar-refractivity contribution >= 4 is 93.4 Å². The largest absolute Gasteiger partial charge is 0.497 e. The molecule has 17 rings (SSSR count). The van der Waals surface area contributed by atoms with Crippen molar-refractivity contribution < 1.29 is 84.7 Å². The van der Waals surface area contributed by atoms with Gasteiger partial charge in [0, 0.05) is 31.1 Å². The van der Waals surface area contributed by atoms with Crippen molar-refractivity contribution in [1.29, 1.82) is 0 Å². The lowest BCUT2D eigenvalue weighted by molar-refractivity contribution is -0.143. The van der Waals surface area contributed by atoms with Crippen LogP contribution in [0.25, 0.3) is 22.3 Å².